The van der Waals surface area contributed by atoms with Crippen molar-refractivity contribution < 1.29 is 19.5 Å². The lowest BCUT2D eigenvalue weighted by molar-refractivity contribution is -0.721. The minimum Gasteiger partial charge on any atom is -0.396 e. The number of nitrogens with one attached hydrogen (secondary N) is 1. The third kappa shape index (κ3) is 3.51. The summed E-state index contributed by atoms with van der Waals surface area (Å²) in [7, 11) is 3.16. The van der Waals surface area contributed by atoms with Crippen LogP contribution in [0.25, 0.3) is 0 Å². The molecule has 6 nitrogen and oxygen atoms in total. The van der Waals surface area contributed by atoms with E-state index in [1.54, 1.807) is 19.0 Å². The van der Waals surface area contributed by atoms with Crippen LogP contribution in [0.2, 0.25) is 0 Å². The highest BCUT2D eigenvalue weighted by molar-refractivity contribution is 5.78. The fourth-order valence-electron chi connectivity index (χ4n) is 2.97. The molecule has 0 radical (unpaired) electrons. The molecular formula is C16H26N3O3+. The summed E-state index contributed by atoms with van der Waals surface area (Å²) in [5.74, 6) is 1.20. The summed E-state index contributed by atoms with van der Waals surface area (Å²) in [6.45, 7) is 2.35. The van der Waals surface area contributed by atoms with E-state index >= 15 is 0 Å². The Hall–Kier alpha value is -1.79. The third-order valence-corrected chi connectivity index (χ3v) is 3.92. The van der Waals surface area contributed by atoms with E-state index in [4.69, 9.17) is 20.5 Å². The second-order valence-corrected chi connectivity index (χ2v) is 5.75. The van der Waals surface area contributed by atoms with E-state index in [-0.39, 0.29) is 6.61 Å². The number of hydrogen-bond donors (Lipinski definition) is 3. The highest BCUT2D eigenvalue weighted by Crippen LogP contribution is 2.35. The molecule has 0 spiro atoms. The van der Waals surface area contributed by atoms with Gasteiger partial charge in [0, 0.05) is 6.61 Å². The Bertz CT molecular complexity index is 558. The maximum atomic E-state index is 8.97. The predicted molar refractivity (Wildman–Crippen MR) is 86.1 cm³/mol. The summed E-state index contributed by atoms with van der Waals surface area (Å²) in [6, 6.07) is 4.21. The van der Waals surface area contributed by atoms with E-state index in [9.17, 15) is 0 Å². The number of aliphatic hydroxyl groups is 1. The highest BCUT2D eigenvalue weighted by Gasteiger charge is 2.24. The summed E-state index contributed by atoms with van der Waals surface area (Å²) in [6.07, 6.45) is 3.29. The van der Waals surface area contributed by atoms with Gasteiger partial charge in [-0.25, -0.2) is 0 Å². The maximum Gasteiger partial charge on any atom is 0.288 e. The van der Waals surface area contributed by atoms with Gasteiger partial charge in [0.1, 0.15) is 12.8 Å². The molecule has 6 heteroatoms. The van der Waals surface area contributed by atoms with Gasteiger partial charge in [-0.2, -0.15) is 0 Å². The van der Waals surface area contributed by atoms with E-state index in [0.29, 0.717) is 24.6 Å². The van der Waals surface area contributed by atoms with Crippen LogP contribution in [0.3, 0.4) is 0 Å². The van der Waals surface area contributed by atoms with Crippen molar-refractivity contribution in [1.29, 1.82) is 0 Å². The van der Waals surface area contributed by atoms with Gasteiger partial charge in [0.15, 0.2) is 5.69 Å². The Morgan fingerprint density at radius 3 is 2.64 bits per heavy atom. The van der Waals surface area contributed by atoms with E-state index in [2.05, 4.69) is 24.5 Å². The zero-order valence-corrected chi connectivity index (χ0v) is 13.6. The lowest BCUT2D eigenvalue weighted by Crippen LogP contribution is -2.25. The predicted octanol–water partition coefficient (Wildman–Crippen LogP) is 1.73. The van der Waals surface area contributed by atoms with Gasteiger partial charge in [-0.05, 0) is 53.2 Å². The number of amidine groups is 1. The van der Waals surface area contributed by atoms with Gasteiger partial charge in [0.05, 0.1) is 13.5 Å². The number of aliphatic hydroxyl groups excluding tert-OH is 1. The van der Waals surface area contributed by atoms with Gasteiger partial charge in [-0.15, -0.1) is 0 Å². The molecule has 1 aromatic carbocycles. The Labute approximate surface area is 131 Å². The molecule has 0 bridgehead atoms. The first-order valence-corrected chi connectivity index (χ1v) is 7.61. The minimum atomic E-state index is 0.100. The molecule has 122 valence electrons. The smallest absolute Gasteiger partial charge is 0.288 e. The van der Waals surface area contributed by atoms with Crippen LogP contribution in [0.1, 0.15) is 30.9 Å². The quantitative estimate of drug-likeness (QED) is 0.309. The number of nitrogens with zero attached hydrogens (tertiary/aromatic N) is 1. The standard InChI is InChI=1S/C16H25N3O3/c1-11-7-12-9-14(18-21-2)15(10-13(12)8-11)19(22-3)16(17)5-4-6-20/h9-11,17-18,20H,4-8H2,1-3H3/p+1. The van der Waals surface area contributed by atoms with Crippen LogP contribution < -0.4 is 11.2 Å². The molecule has 1 aromatic rings. The molecule has 0 heterocycles. The third-order valence-electron chi connectivity index (χ3n) is 3.92. The summed E-state index contributed by atoms with van der Waals surface area (Å²) >= 11 is 0. The molecule has 0 aliphatic heterocycles. The van der Waals surface area contributed by atoms with Crippen molar-refractivity contribution in [2.24, 2.45) is 11.7 Å². The van der Waals surface area contributed by atoms with Crippen LogP contribution in [0.5, 0.6) is 0 Å². The van der Waals surface area contributed by atoms with Gasteiger partial charge in [0.25, 0.3) is 5.84 Å². The zero-order chi connectivity index (χ0) is 16.1. The monoisotopic (exact) mass is 308 g/mol. The van der Waals surface area contributed by atoms with Crippen molar-refractivity contribution in [1.82, 2.24) is 0 Å². The fourth-order valence-corrected chi connectivity index (χ4v) is 2.97. The second kappa shape index (κ2) is 7.47. The van der Waals surface area contributed by atoms with E-state index in [1.165, 1.54) is 11.1 Å². The van der Waals surface area contributed by atoms with Gasteiger partial charge < -0.3 is 9.94 Å². The molecule has 1 unspecified atom stereocenters. The zero-order valence-electron chi connectivity index (χ0n) is 13.6. The van der Waals surface area contributed by atoms with Crippen molar-refractivity contribution in [3.63, 3.8) is 0 Å². The molecule has 0 amide bonds. The normalized spacial score (nSPS) is 17.9. The first kappa shape index (κ1) is 16.6. The molecule has 0 saturated carbocycles. The van der Waals surface area contributed by atoms with Crippen LogP contribution >= 0.6 is 0 Å². The maximum absolute atomic E-state index is 8.97. The molecule has 0 fully saturated rings. The average Bonchev–Trinajstić information content (AvgIpc) is 2.85. The van der Waals surface area contributed by atoms with E-state index in [0.717, 1.165) is 24.2 Å². The molecule has 1 aliphatic carbocycles. The van der Waals surface area contributed by atoms with Crippen LogP contribution in [-0.2, 0) is 22.5 Å². The molecule has 0 aromatic heterocycles. The van der Waals surface area contributed by atoms with E-state index < -0.39 is 0 Å². The molecular weight excluding hydrogens is 282 g/mol. The highest BCUT2D eigenvalue weighted by atomic mass is 16.7. The summed E-state index contributed by atoms with van der Waals surface area (Å²) in [5, 5.41) is 8.97. The van der Waals surface area contributed by atoms with Crippen LogP contribution in [0.4, 0.5) is 11.4 Å². The molecule has 1 aliphatic rings. The van der Waals surface area contributed by atoms with Crippen LogP contribution in [-0.4, -0.2) is 36.5 Å². The molecule has 1 atom stereocenters. The summed E-state index contributed by atoms with van der Waals surface area (Å²) < 4.78 is 1.60. The molecule has 2 rings (SSSR count). The molecule has 22 heavy (non-hydrogen) atoms. The Balaban J connectivity index is 2.45. The lowest BCUT2D eigenvalue weighted by atomic mass is 10.1. The Kier molecular flexibility index (Phi) is 5.63. The number of benzene rings is 1. The summed E-state index contributed by atoms with van der Waals surface area (Å²) in [5.41, 5.74) is 13.3. The number of rotatable bonds is 7. The van der Waals surface area contributed by atoms with Crippen molar-refractivity contribution >= 4 is 17.2 Å². The van der Waals surface area contributed by atoms with Crippen molar-refractivity contribution in [3.8, 4) is 0 Å². The number of anilines is 1. The summed E-state index contributed by atoms with van der Waals surface area (Å²) in [4.78, 5) is 10.6. The van der Waals surface area contributed by atoms with Gasteiger partial charge in [0.2, 0.25) is 0 Å². The first-order chi connectivity index (χ1) is 10.6. The molecule has 4 N–H and O–H groups in total. The number of hydrogen-bond acceptors (Lipinski definition) is 4. The largest absolute Gasteiger partial charge is 0.396 e. The van der Waals surface area contributed by atoms with Gasteiger partial charge in [-0.3, -0.25) is 16.1 Å². The first-order valence-electron chi connectivity index (χ1n) is 7.61. The van der Waals surface area contributed by atoms with Crippen LogP contribution in [0, 0.1) is 5.92 Å². The topological polar surface area (TPSA) is 79.8 Å². The Morgan fingerprint density at radius 2 is 2.05 bits per heavy atom. The van der Waals surface area contributed by atoms with Crippen molar-refractivity contribution in [3.05, 3.63) is 23.3 Å². The van der Waals surface area contributed by atoms with Gasteiger partial charge >= 0.3 is 0 Å². The fraction of sp³-hybridized carbons (Fsp3) is 0.562. The average molecular weight is 308 g/mol. The lowest BCUT2D eigenvalue weighted by Gasteiger charge is -2.14. The molecule has 0 saturated heterocycles. The van der Waals surface area contributed by atoms with Crippen molar-refractivity contribution in [2.45, 2.75) is 32.6 Å². The number of nitrogens with two attached hydrogens (primary N) is 1. The SMILES string of the molecule is CONc1cc2c(cc1/[N+](OC)=C(\N)CCCO)CC(C)C2. The number of fused-ring (bicyclic) bond motifs is 1. The minimum absolute atomic E-state index is 0.100. The van der Waals surface area contributed by atoms with Crippen molar-refractivity contribution in [2.75, 3.05) is 26.3 Å². The van der Waals surface area contributed by atoms with Crippen LogP contribution in [0.15, 0.2) is 12.1 Å². The van der Waals surface area contributed by atoms with Gasteiger partial charge in [-0.1, -0.05) is 6.92 Å². The van der Waals surface area contributed by atoms with E-state index in [1.807, 2.05) is 0 Å². The second-order valence-electron chi connectivity index (χ2n) is 5.75. The Morgan fingerprint density at radius 1 is 1.36 bits per heavy atom.